The van der Waals surface area contributed by atoms with Crippen LogP contribution in [0.4, 0.5) is 5.13 Å². The van der Waals surface area contributed by atoms with Gasteiger partial charge in [-0.25, -0.2) is 9.78 Å². The summed E-state index contributed by atoms with van der Waals surface area (Å²) in [5.41, 5.74) is 0.209. The first-order valence-electron chi connectivity index (χ1n) is 7.87. The number of carbonyl (C=O) groups is 2. The van der Waals surface area contributed by atoms with E-state index in [1.807, 2.05) is 0 Å². The van der Waals surface area contributed by atoms with Crippen LogP contribution in [0.5, 0.6) is 0 Å². The maximum absolute atomic E-state index is 11.9. The molecule has 0 spiro atoms. The Morgan fingerprint density at radius 2 is 2.26 bits per heavy atom. The molecule has 0 unspecified atom stereocenters. The van der Waals surface area contributed by atoms with Crippen molar-refractivity contribution in [3.63, 3.8) is 0 Å². The molecule has 1 saturated carbocycles. The van der Waals surface area contributed by atoms with Gasteiger partial charge >= 0.3 is 5.97 Å². The van der Waals surface area contributed by atoms with Crippen molar-refractivity contribution in [3.05, 3.63) is 23.7 Å². The van der Waals surface area contributed by atoms with Crippen LogP contribution in [0, 0.1) is 5.92 Å². The molecule has 1 amide bonds. The summed E-state index contributed by atoms with van der Waals surface area (Å²) >= 11 is 1.31. The maximum Gasteiger partial charge on any atom is 0.358 e. The van der Waals surface area contributed by atoms with E-state index in [1.54, 1.807) is 11.5 Å². The summed E-state index contributed by atoms with van der Waals surface area (Å²) in [6.07, 6.45) is 6.17. The zero-order valence-corrected chi connectivity index (χ0v) is 14.2. The Morgan fingerprint density at radius 3 is 3.00 bits per heavy atom. The molecule has 2 N–H and O–H groups in total. The number of ether oxygens (including phenoxy) is 1. The van der Waals surface area contributed by atoms with Gasteiger partial charge < -0.3 is 15.4 Å². The highest BCUT2D eigenvalue weighted by molar-refractivity contribution is 7.13. The second-order valence-electron chi connectivity index (χ2n) is 5.72. The number of nitrogens with zero attached hydrogens (tertiary/aromatic N) is 1. The summed E-state index contributed by atoms with van der Waals surface area (Å²) in [4.78, 5) is 27.9. The molecule has 0 aliphatic heterocycles. The number of carbonyl (C=O) groups excluding carboxylic acids is 2. The van der Waals surface area contributed by atoms with Crippen LogP contribution in [0.25, 0.3) is 0 Å². The first-order valence-corrected chi connectivity index (χ1v) is 8.75. The van der Waals surface area contributed by atoms with Crippen LogP contribution >= 0.6 is 11.3 Å². The standard InChI is InChI=1S/C16H23N3O3S/c1-3-8-17-16-19-13(10-23-16)15(21)22-9-14(20)18-12-7-5-4-6-11(12)2/h3,10-12H,1,4-9H2,2H3,(H,17,19)(H,18,20)/t11-,12+/m1/s1. The van der Waals surface area contributed by atoms with Crippen molar-refractivity contribution in [3.8, 4) is 0 Å². The van der Waals surface area contributed by atoms with E-state index in [0.717, 1.165) is 19.3 Å². The van der Waals surface area contributed by atoms with Crippen LogP contribution in [0.15, 0.2) is 18.0 Å². The van der Waals surface area contributed by atoms with Crippen molar-refractivity contribution >= 4 is 28.3 Å². The van der Waals surface area contributed by atoms with Gasteiger partial charge in [0.1, 0.15) is 0 Å². The molecule has 0 aromatic carbocycles. The smallest absolute Gasteiger partial charge is 0.358 e. The van der Waals surface area contributed by atoms with E-state index in [1.165, 1.54) is 17.8 Å². The van der Waals surface area contributed by atoms with Crippen molar-refractivity contribution < 1.29 is 14.3 Å². The Kier molecular flexibility index (Phi) is 6.58. The Hall–Kier alpha value is -1.89. The molecule has 7 heteroatoms. The SMILES string of the molecule is C=CCNc1nc(C(=O)OCC(=O)N[C@H]2CCCC[C@H]2C)cs1. The van der Waals surface area contributed by atoms with Crippen molar-refractivity contribution in [1.82, 2.24) is 10.3 Å². The van der Waals surface area contributed by atoms with Gasteiger partial charge in [-0.2, -0.15) is 0 Å². The number of hydrogen-bond donors (Lipinski definition) is 2. The number of nitrogens with one attached hydrogen (secondary N) is 2. The Labute approximate surface area is 140 Å². The Bertz CT molecular complexity index is 559. The topological polar surface area (TPSA) is 80.3 Å². The largest absolute Gasteiger partial charge is 0.451 e. The van der Waals surface area contributed by atoms with Crippen molar-refractivity contribution in [1.29, 1.82) is 0 Å². The molecule has 1 heterocycles. The fraction of sp³-hybridized carbons (Fsp3) is 0.562. The minimum absolute atomic E-state index is 0.184. The number of anilines is 1. The lowest BCUT2D eigenvalue weighted by Crippen LogP contribution is -2.42. The maximum atomic E-state index is 11.9. The predicted octanol–water partition coefficient (Wildman–Crippen LogP) is 2.59. The first kappa shape index (κ1) is 17.5. The lowest BCUT2D eigenvalue weighted by molar-refractivity contribution is -0.125. The number of amides is 1. The lowest BCUT2D eigenvalue weighted by Gasteiger charge is -2.29. The monoisotopic (exact) mass is 337 g/mol. The Morgan fingerprint density at radius 1 is 1.48 bits per heavy atom. The average molecular weight is 337 g/mol. The lowest BCUT2D eigenvalue weighted by atomic mass is 9.86. The fourth-order valence-electron chi connectivity index (χ4n) is 2.59. The zero-order chi connectivity index (χ0) is 16.7. The summed E-state index contributed by atoms with van der Waals surface area (Å²) < 4.78 is 5.03. The number of esters is 1. The van der Waals surface area contributed by atoms with Gasteiger partial charge in [0.15, 0.2) is 17.4 Å². The van der Waals surface area contributed by atoms with Gasteiger partial charge in [0.2, 0.25) is 0 Å². The van der Waals surface area contributed by atoms with Gasteiger partial charge in [-0.3, -0.25) is 4.79 Å². The molecule has 1 aliphatic carbocycles. The third-order valence-electron chi connectivity index (χ3n) is 3.90. The Balaban J connectivity index is 1.75. The van der Waals surface area contributed by atoms with Gasteiger partial charge in [0.25, 0.3) is 5.91 Å². The second-order valence-corrected chi connectivity index (χ2v) is 6.58. The van der Waals surface area contributed by atoms with Crippen molar-refractivity contribution in [2.75, 3.05) is 18.5 Å². The van der Waals surface area contributed by atoms with Gasteiger partial charge in [-0.05, 0) is 18.8 Å². The number of hydrogen-bond acceptors (Lipinski definition) is 6. The predicted molar refractivity (Wildman–Crippen MR) is 90.6 cm³/mol. The zero-order valence-electron chi connectivity index (χ0n) is 13.3. The fourth-order valence-corrected chi connectivity index (χ4v) is 3.28. The summed E-state index contributed by atoms with van der Waals surface area (Å²) in [7, 11) is 0. The molecule has 0 saturated heterocycles. The first-order chi connectivity index (χ1) is 11.1. The number of rotatable bonds is 7. The van der Waals surface area contributed by atoms with Crippen molar-refractivity contribution in [2.45, 2.75) is 38.6 Å². The van der Waals surface area contributed by atoms with E-state index in [2.05, 4.69) is 29.1 Å². The van der Waals surface area contributed by atoms with Crippen LogP contribution < -0.4 is 10.6 Å². The normalized spacial score (nSPS) is 20.6. The van der Waals surface area contributed by atoms with Gasteiger partial charge in [0, 0.05) is 18.0 Å². The third kappa shape index (κ3) is 5.35. The molecule has 0 bridgehead atoms. The van der Waals surface area contributed by atoms with Gasteiger partial charge in [0.05, 0.1) is 0 Å². The van der Waals surface area contributed by atoms with Gasteiger partial charge in [-0.1, -0.05) is 25.8 Å². The highest BCUT2D eigenvalue weighted by Crippen LogP contribution is 2.23. The summed E-state index contributed by atoms with van der Waals surface area (Å²) in [5.74, 6) is -0.363. The van der Waals surface area contributed by atoms with E-state index in [4.69, 9.17) is 4.74 Å². The molecular formula is C16H23N3O3S. The molecule has 2 atom stereocenters. The molecule has 23 heavy (non-hydrogen) atoms. The molecule has 1 aliphatic rings. The summed E-state index contributed by atoms with van der Waals surface area (Å²) in [6, 6.07) is 0.184. The average Bonchev–Trinajstić information content (AvgIpc) is 3.02. The van der Waals surface area contributed by atoms with Crippen molar-refractivity contribution in [2.24, 2.45) is 5.92 Å². The van der Waals surface area contributed by atoms with E-state index < -0.39 is 5.97 Å². The molecule has 1 aromatic heterocycles. The van der Waals surface area contributed by atoms with Crippen LogP contribution in [-0.4, -0.2) is 36.1 Å². The van der Waals surface area contributed by atoms with E-state index in [0.29, 0.717) is 17.6 Å². The summed E-state index contributed by atoms with van der Waals surface area (Å²) in [5, 5.41) is 8.18. The molecule has 0 radical (unpaired) electrons. The van der Waals surface area contributed by atoms with Crippen LogP contribution in [-0.2, 0) is 9.53 Å². The molecule has 1 fully saturated rings. The van der Waals surface area contributed by atoms with Crippen LogP contribution in [0.3, 0.4) is 0 Å². The highest BCUT2D eigenvalue weighted by Gasteiger charge is 2.23. The quantitative estimate of drug-likeness (QED) is 0.590. The van der Waals surface area contributed by atoms with E-state index >= 15 is 0 Å². The minimum Gasteiger partial charge on any atom is -0.451 e. The number of thiazole rings is 1. The second kappa shape index (κ2) is 8.67. The summed E-state index contributed by atoms with van der Waals surface area (Å²) in [6.45, 7) is 6.04. The molecular weight excluding hydrogens is 314 g/mol. The van der Waals surface area contributed by atoms with Crippen LogP contribution in [0.1, 0.15) is 43.1 Å². The van der Waals surface area contributed by atoms with Crippen LogP contribution in [0.2, 0.25) is 0 Å². The molecule has 1 aromatic rings. The van der Waals surface area contributed by atoms with E-state index in [9.17, 15) is 9.59 Å². The van der Waals surface area contributed by atoms with Gasteiger partial charge in [-0.15, -0.1) is 17.9 Å². The molecule has 6 nitrogen and oxygen atoms in total. The molecule has 2 rings (SSSR count). The minimum atomic E-state index is -0.584. The number of aromatic nitrogens is 1. The van der Waals surface area contributed by atoms with E-state index in [-0.39, 0.29) is 24.2 Å². The molecule has 126 valence electrons. The third-order valence-corrected chi connectivity index (χ3v) is 4.70. The highest BCUT2D eigenvalue weighted by atomic mass is 32.1.